The Labute approximate surface area is 126 Å². The number of amides is 2. The minimum Gasteiger partial charge on any atom is -0.452 e. The topological polar surface area (TPSA) is 58.6 Å². The predicted molar refractivity (Wildman–Crippen MR) is 80.6 cm³/mol. The van der Waals surface area contributed by atoms with Gasteiger partial charge in [0.1, 0.15) is 0 Å². The number of methoxy groups -OCH3 is 1. The number of hydrogen-bond donors (Lipinski definition) is 1. The van der Waals surface area contributed by atoms with Crippen molar-refractivity contribution in [2.45, 2.75) is 57.0 Å². The second kappa shape index (κ2) is 7.29. The molecule has 0 radical (unpaired) electrons. The van der Waals surface area contributed by atoms with Crippen LogP contribution in [0.4, 0.5) is 4.79 Å². The van der Waals surface area contributed by atoms with E-state index in [9.17, 15) is 9.59 Å². The minimum absolute atomic E-state index is 0.0259. The summed E-state index contributed by atoms with van der Waals surface area (Å²) in [4.78, 5) is 25.7. The van der Waals surface area contributed by atoms with Gasteiger partial charge in [-0.1, -0.05) is 18.9 Å². The van der Waals surface area contributed by atoms with Crippen molar-refractivity contribution >= 4 is 12.0 Å². The number of carbonyl (C=O) groups is 2. The van der Waals surface area contributed by atoms with Crippen LogP contribution in [0.2, 0.25) is 0 Å². The summed E-state index contributed by atoms with van der Waals surface area (Å²) in [7, 11) is 1.36. The molecule has 2 rings (SSSR count). The first kappa shape index (κ1) is 15.6. The summed E-state index contributed by atoms with van der Waals surface area (Å²) >= 11 is 0. The van der Waals surface area contributed by atoms with Gasteiger partial charge in [0.15, 0.2) is 0 Å². The van der Waals surface area contributed by atoms with Gasteiger partial charge >= 0.3 is 6.09 Å². The van der Waals surface area contributed by atoms with Gasteiger partial charge in [-0.25, -0.2) is 4.79 Å². The summed E-state index contributed by atoms with van der Waals surface area (Å²) in [6, 6.07) is 0.314. The van der Waals surface area contributed by atoms with Crippen LogP contribution in [0.25, 0.3) is 0 Å². The van der Waals surface area contributed by atoms with Crippen molar-refractivity contribution in [2.75, 3.05) is 7.11 Å². The average Bonchev–Trinajstić information content (AvgIpc) is 3.00. The van der Waals surface area contributed by atoms with Crippen molar-refractivity contribution in [3.63, 3.8) is 0 Å². The molecular weight excluding hydrogens is 268 g/mol. The van der Waals surface area contributed by atoms with Crippen LogP contribution in [0.15, 0.2) is 24.4 Å². The molecular formula is C16H24N2O3. The molecule has 0 saturated heterocycles. The van der Waals surface area contributed by atoms with Gasteiger partial charge in [0.2, 0.25) is 5.91 Å². The fraction of sp³-hybridized carbons (Fsp3) is 0.625. The molecule has 21 heavy (non-hydrogen) atoms. The molecule has 0 aromatic rings. The lowest BCUT2D eigenvalue weighted by molar-refractivity contribution is -0.118. The molecule has 1 heterocycles. The lowest BCUT2D eigenvalue weighted by Gasteiger charge is -2.32. The maximum absolute atomic E-state index is 12.3. The quantitative estimate of drug-likeness (QED) is 0.811. The molecule has 5 heteroatoms. The van der Waals surface area contributed by atoms with Crippen LogP contribution in [0.5, 0.6) is 0 Å². The van der Waals surface area contributed by atoms with Crippen molar-refractivity contribution in [3.05, 3.63) is 24.4 Å². The normalized spacial score (nSPS) is 22.6. The Balaban J connectivity index is 2.05. The van der Waals surface area contributed by atoms with Crippen molar-refractivity contribution in [2.24, 2.45) is 0 Å². The molecule has 1 fully saturated rings. The average molecular weight is 292 g/mol. The molecule has 1 N–H and O–H groups in total. The van der Waals surface area contributed by atoms with Crippen molar-refractivity contribution in [3.8, 4) is 0 Å². The molecule has 0 aromatic carbocycles. The van der Waals surface area contributed by atoms with Crippen LogP contribution < -0.4 is 5.32 Å². The van der Waals surface area contributed by atoms with E-state index in [1.807, 2.05) is 0 Å². The predicted octanol–water partition coefficient (Wildman–Crippen LogP) is 2.74. The van der Waals surface area contributed by atoms with Crippen LogP contribution in [0.3, 0.4) is 0 Å². The Hall–Kier alpha value is -1.78. The molecule has 1 aliphatic heterocycles. The Morgan fingerprint density at radius 1 is 1.43 bits per heavy atom. The third kappa shape index (κ3) is 3.86. The number of hydrogen-bond acceptors (Lipinski definition) is 3. The molecule has 0 unspecified atom stereocenters. The molecule has 1 aliphatic carbocycles. The molecule has 0 spiro atoms. The minimum atomic E-state index is -0.423. The highest BCUT2D eigenvalue weighted by Crippen LogP contribution is 2.25. The number of nitrogens with one attached hydrogen (secondary N) is 1. The molecule has 5 nitrogen and oxygen atoms in total. The maximum Gasteiger partial charge on any atom is 0.413 e. The van der Waals surface area contributed by atoms with Crippen LogP contribution in [-0.2, 0) is 9.53 Å². The van der Waals surface area contributed by atoms with Crippen LogP contribution in [0.1, 0.15) is 44.9 Å². The first-order valence-electron chi connectivity index (χ1n) is 7.64. The lowest BCUT2D eigenvalue weighted by atomic mass is 9.97. The molecule has 116 valence electrons. The molecule has 2 aliphatic rings. The van der Waals surface area contributed by atoms with E-state index in [1.165, 1.54) is 24.9 Å². The lowest BCUT2D eigenvalue weighted by Crippen LogP contribution is -2.41. The second-order valence-corrected chi connectivity index (χ2v) is 5.70. The SMILES string of the molecule is C=CC[C@H]1CCC(C(=O)NC2CCCC2)=CN1C(=O)OC. The summed E-state index contributed by atoms with van der Waals surface area (Å²) in [5.74, 6) is -0.0483. The van der Waals surface area contributed by atoms with E-state index < -0.39 is 6.09 Å². The number of rotatable bonds is 4. The van der Waals surface area contributed by atoms with Gasteiger partial charge < -0.3 is 10.1 Å². The highest BCUT2D eigenvalue weighted by Gasteiger charge is 2.29. The van der Waals surface area contributed by atoms with Gasteiger partial charge in [-0.2, -0.15) is 0 Å². The van der Waals surface area contributed by atoms with Crippen molar-refractivity contribution < 1.29 is 14.3 Å². The van der Waals surface area contributed by atoms with Crippen LogP contribution >= 0.6 is 0 Å². The Bertz CT molecular complexity index is 439. The summed E-state index contributed by atoms with van der Waals surface area (Å²) in [5, 5.41) is 3.07. The van der Waals surface area contributed by atoms with E-state index in [2.05, 4.69) is 11.9 Å². The van der Waals surface area contributed by atoms with E-state index in [4.69, 9.17) is 4.74 Å². The van der Waals surface area contributed by atoms with Gasteiger partial charge in [0, 0.05) is 23.9 Å². The number of nitrogens with zero attached hydrogens (tertiary/aromatic N) is 1. The standard InChI is InChI=1S/C16H24N2O3/c1-3-6-14-10-9-12(11-18(14)16(20)21-2)15(19)17-13-7-4-5-8-13/h3,11,13-14H,1,4-10H2,2H3,(H,17,19)/t14-/m0/s1. The summed E-state index contributed by atoms with van der Waals surface area (Å²) in [6.07, 6.45) is 9.62. The highest BCUT2D eigenvalue weighted by atomic mass is 16.5. The third-order valence-corrected chi connectivity index (χ3v) is 4.24. The first-order valence-corrected chi connectivity index (χ1v) is 7.64. The largest absolute Gasteiger partial charge is 0.452 e. The second-order valence-electron chi connectivity index (χ2n) is 5.70. The zero-order chi connectivity index (χ0) is 15.2. The van der Waals surface area contributed by atoms with E-state index in [0.717, 1.165) is 19.3 Å². The zero-order valence-corrected chi connectivity index (χ0v) is 12.6. The fourth-order valence-corrected chi connectivity index (χ4v) is 3.05. The molecule has 1 atom stereocenters. The van der Waals surface area contributed by atoms with Gasteiger partial charge in [0.25, 0.3) is 0 Å². The third-order valence-electron chi connectivity index (χ3n) is 4.24. The van der Waals surface area contributed by atoms with E-state index in [-0.39, 0.29) is 18.0 Å². The molecule has 0 bridgehead atoms. The molecule has 1 saturated carbocycles. The fourth-order valence-electron chi connectivity index (χ4n) is 3.05. The molecule has 0 aromatic heterocycles. The summed E-state index contributed by atoms with van der Waals surface area (Å²) in [6.45, 7) is 3.72. The summed E-state index contributed by atoms with van der Waals surface area (Å²) in [5.41, 5.74) is 0.660. The Morgan fingerprint density at radius 3 is 2.76 bits per heavy atom. The maximum atomic E-state index is 12.3. The molecule has 2 amide bonds. The van der Waals surface area contributed by atoms with Gasteiger partial charge in [-0.15, -0.1) is 6.58 Å². The zero-order valence-electron chi connectivity index (χ0n) is 12.6. The van der Waals surface area contributed by atoms with Crippen LogP contribution in [0, 0.1) is 0 Å². The Morgan fingerprint density at radius 2 is 2.14 bits per heavy atom. The number of ether oxygens (including phenoxy) is 1. The van der Waals surface area contributed by atoms with E-state index in [0.29, 0.717) is 18.4 Å². The van der Waals surface area contributed by atoms with Crippen molar-refractivity contribution in [1.29, 1.82) is 0 Å². The number of carbonyl (C=O) groups excluding carboxylic acids is 2. The van der Waals surface area contributed by atoms with Crippen LogP contribution in [-0.4, -0.2) is 36.1 Å². The summed E-state index contributed by atoms with van der Waals surface area (Å²) < 4.78 is 4.80. The highest BCUT2D eigenvalue weighted by molar-refractivity contribution is 5.94. The van der Waals surface area contributed by atoms with Gasteiger partial charge in [-0.05, 0) is 32.1 Å². The first-order chi connectivity index (χ1) is 10.2. The van der Waals surface area contributed by atoms with E-state index in [1.54, 1.807) is 12.3 Å². The van der Waals surface area contributed by atoms with Gasteiger partial charge in [0.05, 0.1) is 7.11 Å². The van der Waals surface area contributed by atoms with Crippen molar-refractivity contribution in [1.82, 2.24) is 10.2 Å². The smallest absolute Gasteiger partial charge is 0.413 e. The van der Waals surface area contributed by atoms with E-state index >= 15 is 0 Å². The monoisotopic (exact) mass is 292 g/mol. The van der Waals surface area contributed by atoms with Gasteiger partial charge in [-0.3, -0.25) is 9.69 Å². The Kier molecular flexibility index (Phi) is 5.42.